The number of ether oxygens (including phenoxy) is 1. The van der Waals surface area contributed by atoms with Crippen LogP contribution in [0.25, 0.3) is 0 Å². The molecule has 0 amide bonds. The van der Waals surface area contributed by atoms with Gasteiger partial charge in [0.1, 0.15) is 6.10 Å². The summed E-state index contributed by atoms with van der Waals surface area (Å²) in [6.07, 6.45) is 5.68. The van der Waals surface area contributed by atoms with E-state index in [-0.39, 0.29) is 6.10 Å². The van der Waals surface area contributed by atoms with E-state index in [2.05, 4.69) is 22.9 Å². The number of rotatable bonds is 3. The minimum absolute atomic E-state index is 0.0294. The van der Waals surface area contributed by atoms with E-state index < -0.39 is 0 Å². The van der Waals surface area contributed by atoms with Crippen molar-refractivity contribution < 1.29 is 4.74 Å². The normalized spacial score (nSPS) is 12.1. The average Bonchev–Trinajstić information content (AvgIpc) is 2.06. The lowest BCUT2D eigenvalue weighted by molar-refractivity contribution is 0.258. The Kier molecular flexibility index (Phi) is 2.60. The zero-order valence-corrected chi connectivity index (χ0v) is 6.32. The Morgan fingerprint density at radius 3 is 3.18 bits per heavy atom. The van der Waals surface area contributed by atoms with Gasteiger partial charge in [-0.05, 0) is 6.92 Å². The minimum Gasteiger partial charge on any atom is -0.470 e. The molecule has 0 fully saturated rings. The van der Waals surface area contributed by atoms with Gasteiger partial charge in [0.2, 0.25) is 12.2 Å². The Morgan fingerprint density at radius 1 is 1.82 bits per heavy atom. The van der Waals surface area contributed by atoms with Crippen LogP contribution in [-0.4, -0.2) is 16.1 Å². The van der Waals surface area contributed by atoms with Crippen LogP contribution in [0.3, 0.4) is 0 Å². The third kappa shape index (κ3) is 2.37. The number of aromatic nitrogens is 2. The van der Waals surface area contributed by atoms with E-state index in [9.17, 15) is 0 Å². The van der Waals surface area contributed by atoms with Crippen molar-refractivity contribution >= 4 is 0 Å². The van der Waals surface area contributed by atoms with Gasteiger partial charge in [-0.15, -0.1) is 0 Å². The summed E-state index contributed by atoms with van der Waals surface area (Å²) in [7, 11) is 0. The van der Waals surface area contributed by atoms with Crippen molar-refractivity contribution in [3.63, 3.8) is 0 Å². The molecule has 57 valence electrons. The highest BCUT2D eigenvalue weighted by Gasteiger charge is 1.97. The van der Waals surface area contributed by atoms with Gasteiger partial charge in [0.25, 0.3) is 0 Å². The largest absolute Gasteiger partial charge is 0.470 e. The van der Waals surface area contributed by atoms with Crippen LogP contribution in [0.1, 0.15) is 6.92 Å². The summed E-state index contributed by atoms with van der Waals surface area (Å²) in [5.41, 5.74) is 0. The smallest absolute Gasteiger partial charge is 0.217 e. The number of hydrogen-bond donors (Lipinski definition) is 0. The van der Waals surface area contributed by atoms with Crippen LogP contribution in [0.15, 0.2) is 24.9 Å². The fraction of sp³-hybridized carbons (Fsp3) is 0.250. The van der Waals surface area contributed by atoms with Crippen LogP contribution in [0.2, 0.25) is 0 Å². The van der Waals surface area contributed by atoms with Gasteiger partial charge in [-0.3, -0.25) is 0 Å². The van der Waals surface area contributed by atoms with E-state index >= 15 is 0 Å². The van der Waals surface area contributed by atoms with Crippen molar-refractivity contribution in [2.75, 3.05) is 0 Å². The average molecular weight is 149 g/mol. The number of hydrogen-bond acceptors (Lipinski definition) is 3. The van der Waals surface area contributed by atoms with Crippen molar-refractivity contribution in [1.82, 2.24) is 9.97 Å². The molecule has 1 unspecified atom stereocenters. The molecular weight excluding hydrogens is 140 g/mol. The molecule has 0 aromatic carbocycles. The van der Waals surface area contributed by atoms with Crippen LogP contribution in [0.5, 0.6) is 5.88 Å². The van der Waals surface area contributed by atoms with Crippen molar-refractivity contribution in [2.24, 2.45) is 0 Å². The Morgan fingerprint density at radius 2 is 2.64 bits per heavy atom. The number of nitrogens with zero attached hydrogens (tertiary/aromatic N) is 2. The second-order valence-electron chi connectivity index (χ2n) is 2.05. The van der Waals surface area contributed by atoms with E-state index in [0.717, 1.165) is 0 Å². The summed E-state index contributed by atoms with van der Waals surface area (Å²) in [5.74, 6) is 0.521. The first-order valence-electron chi connectivity index (χ1n) is 3.31. The van der Waals surface area contributed by atoms with Crippen LogP contribution < -0.4 is 4.74 Å². The van der Waals surface area contributed by atoms with Gasteiger partial charge in [-0.25, -0.2) is 4.98 Å². The van der Waals surface area contributed by atoms with Gasteiger partial charge < -0.3 is 4.74 Å². The maximum atomic E-state index is 5.26. The molecule has 11 heavy (non-hydrogen) atoms. The van der Waals surface area contributed by atoms with Crippen LogP contribution in [0.4, 0.5) is 0 Å². The van der Waals surface area contributed by atoms with Gasteiger partial charge >= 0.3 is 0 Å². The summed E-state index contributed by atoms with van der Waals surface area (Å²) in [4.78, 5) is 7.40. The van der Waals surface area contributed by atoms with E-state index in [4.69, 9.17) is 4.74 Å². The fourth-order valence-corrected chi connectivity index (χ4v) is 0.554. The Bertz CT molecular complexity index is 223. The van der Waals surface area contributed by atoms with Crippen molar-refractivity contribution in [2.45, 2.75) is 13.0 Å². The molecule has 1 heterocycles. The predicted octanol–water partition coefficient (Wildman–Crippen LogP) is 1.23. The molecule has 1 radical (unpaired) electrons. The third-order valence-electron chi connectivity index (χ3n) is 1.15. The quantitative estimate of drug-likeness (QED) is 0.606. The Balaban J connectivity index is 2.57. The molecule has 0 aliphatic carbocycles. The SMILES string of the molecule is C=CC(C)Oc1ccn[c]n1. The van der Waals surface area contributed by atoms with Gasteiger partial charge in [0.05, 0.1) is 0 Å². The summed E-state index contributed by atoms with van der Waals surface area (Å²) in [5, 5.41) is 0. The topological polar surface area (TPSA) is 35.0 Å². The lowest BCUT2D eigenvalue weighted by atomic mass is 10.4. The highest BCUT2D eigenvalue weighted by atomic mass is 16.5. The van der Waals surface area contributed by atoms with Gasteiger partial charge in [-0.1, -0.05) is 12.7 Å². The standard InChI is InChI=1S/C8H9N2O/c1-3-7(2)11-8-4-5-9-6-10-8/h3-5,7H,1H2,2H3. The summed E-state index contributed by atoms with van der Waals surface area (Å²) in [6, 6.07) is 1.68. The van der Waals surface area contributed by atoms with E-state index in [1.165, 1.54) is 0 Å². The first kappa shape index (κ1) is 7.72. The molecule has 0 N–H and O–H groups in total. The Labute approximate surface area is 65.8 Å². The maximum absolute atomic E-state index is 5.26. The summed E-state index contributed by atoms with van der Waals surface area (Å²) in [6.45, 7) is 5.46. The summed E-state index contributed by atoms with van der Waals surface area (Å²) < 4.78 is 5.26. The molecular formula is C8H9N2O. The van der Waals surface area contributed by atoms with E-state index in [1.54, 1.807) is 18.3 Å². The highest BCUT2D eigenvalue weighted by Crippen LogP contribution is 2.04. The second-order valence-corrected chi connectivity index (χ2v) is 2.05. The molecule has 3 nitrogen and oxygen atoms in total. The van der Waals surface area contributed by atoms with Crippen LogP contribution >= 0.6 is 0 Å². The molecule has 1 rings (SSSR count). The maximum Gasteiger partial charge on any atom is 0.217 e. The lowest BCUT2D eigenvalue weighted by Gasteiger charge is -2.07. The first-order valence-corrected chi connectivity index (χ1v) is 3.31. The minimum atomic E-state index is -0.0294. The van der Waals surface area contributed by atoms with Crippen LogP contribution in [0, 0.1) is 6.33 Å². The van der Waals surface area contributed by atoms with Crippen molar-refractivity contribution in [3.8, 4) is 5.88 Å². The fourth-order valence-electron chi connectivity index (χ4n) is 0.554. The first-order chi connectivity index (χ1) is 5.33. The molecule has 0 spiro atoms. The second kappa shape index (κ2) is 3.71. The van der Waals surface area contributed by atoms with Gasteiger partial charge in [0.15, 0.2) is 0 Å². The molecule has 0 bridgehead atoms. The molecule has 1 aromatic rings. The van der Waals surface area contributed by atoms with Crippen molar-refractivity contribution in [3.05, 3.63) is 31.2 Å². The molecule has 0 saturated carbocycles. The molecule has 0 aliphatic rings. The molecule has 1 aromatic heterocycles. The van der Waals surface area contributed by atoms with Crippen LogP contribution in [-0.2, 0) is 0 Å². The molecule has 0 saturated heterocycles. The monoisotopic (exact) mass is 149 g/mol. The van der Waals surface area contributed by atoms with E-state index in [1.807, 2.05) is 6.92 Å². The molecule has 3 heteroatoms. The zero-order chi connectivity index (χ0) is 8.10. The summed E-state index contributed by atoms with van der Waals surface area (Å²) >= 11 is 0. The molecule has 0 aliphatic heterocycles. The van der Waals surface area contributed by atoms with Gasteiger partial charge in [0, 0.05) is 12.3 Å². The van der Waals surface area contributed by atoms with Crippen molar-refractivity contribution in [1.29, 1.82) is 0 Å². The highest BCUT2D eigenvalue weighted by molar-refractivity contribution is 5.05. The third-order valence-corrected chi connectivity index (χ3v) is 1.15. The zero-order valence-electron chi connectivity index (χ0n) is 6.32. The molecule has 1 atom stereocenters. The van der Waals surface area contributed by atoms with E-state index in [0.29, 0.717) is 5.88 Å². The Hall–Kier alpha value is -1.38. The van der Waals surface area contributed by atoms with Gasteiger partial charge in [-0.2, -0.15) is 4.98 Å². The predicted molar refractivity (Wildman–Crippen MR) is 41.2 cm³/mol. The lowest BCUT2D eigenvalue weighted by Crippen LogP contribution is -2.08.